The van der Waals surface area contributed by atoms with Crippen LogP contribution in [0.15, 0.2) is 29.2 Å². The summed E-state index contributed by atoms with van der Waals surface area (Å²) in [6.07, 6.45) is 4.03. The van der Waals surface area contributed by atoms with E-state index in [0.717, 1.165) is 5.69 Å². The normalized spacial score (nSPS) is 28.4. The number of amides is 1. The predicted octanol–water partition coefficient (Wildman–Crippen LogP) is 1.42. The minimum Gasteiger partial charge on any atom is -0.477 e. The SMILES string of the molecule is CC(SC1=C(C(=O)O)N2C(=O)[C@H]([C@@H](C)O)[C@@H]2[C@H]1C)c1cnccn1. The van der Waals surface area contributed by atoms with Crippen molar-refractivity contribution in [1.82, 2.24) is 14.9 Å². The molecule has 8 heteroatoms. The summed E-state index contributed by atoms with van der Waals surface area (Å²) in [6.45, 7) is 5.40. The maximum atomic E-state index is 12.3. The quantitative estimate of drug-likeness (QED) is 0.775. The smallest absolute Gasteiger partial charge is 0.353 e. The number of carbonyl (C=O) groups excluding carboxylic acids is 1. The van der Waals surface area contributed by atoms with E-state index in [2.05, 4.69) is 9.97 Å². The van der Waals surface area contributed by atoms with E-state index in [1.807, 2.05) is 13.8 Å². The Balaban J connectivity index is 1.91. The summed E-state index contributed by atoms with van der Waals surface area (Å²) in [5.41, 5.74) is 0.787. The first-order valence-corrected chi connectivity index (χ1v) is 8.63. The number of aromatic nitrogens is 2. The maximum Gasteiger partial charge on any atom is 0.353 e. The van der Waals surface area contributed by atoms with Gasteiger partial charge < -0.3 is 15.1 Å². The fraction of sp³-hybridized carbons (Fsp3) is 0.500. The molecule has 1 saturated heterocycles. The van der Waals surface area contributed by atoms with Crippen molar-refractivity contribution in [3.63, 3.8) is 0 Å². The number of nitrogens with zero attached hydrogens (tertiary/aromatic N) is 3. The van der Waals surface area contributed by atoms with Crippen LogP contribution >= 0.6 is 11.8 Å². The zero-order valence-corrected chi connectivity index (χ0v) is 14.4. The number of carboxylic acid groups (broad SMARTS) is 1. The monoisotopic (exact) mass is 349 g/mol. The second kappa shape index (κ2) is 6.18. The van der Waals surface area contributed by atoms with Crippen LogP contribution in [0.3, 0.4) is 0 Å². The number of rotatable bonds is 5. The van der Waals surface area contributed by atoms with Gasteiger partial charge in [0.05, 0.1) is 29.0 Å². The third kappa shape index (κ3) is 2.50. The van der Waals surface area contributed by atoms with Crippen molar-refractivity contribution in [2.75, 3.05) is 0 Å². The zero-order valence-electron chi connectivity index (χ0n) is 13.6. The molecule has 24 heavy (non-hydrogen) atoms. The molecule has 1 amide bonds. The number of carbonyl (C=O) groups is 2. The van der Waals surface area contributed by atoms with Gasteiger partial charge >= 0.3 is 5.97 Å². The zero-order chi connectivity index (χ0) is 17.6. The molecule has 1 unspecified atom stereocenters. The first kappa shape index (κ1) is 16.9. The largest absolute Gasteiger partial charge is 0.477 e. The molecule has 3 rings (SSSR count). The number of β-lactam (4-membered cyclic amide) rings is 1. The van der Waals surface area contributed by atoms with Crippen LogP contribution < -0.4 is 0 Å². The molecule has 0 aromatic carbocycles. The molecular formula is C16H19N3O4S. The molecule has 2 aliphatic heterocycles. The van der Waals surface area contributed by atoms with Gasteiger partial charge in [-0.2, -0.15) is 0 Å². The van der Waals surface area contributed by atoms with E-state index in [-0.39, 0.29) is 28.8 Å². The van der Waals surface area contributed by atoms with E-state index in [9.17, 15) is 19.8 Å². The average molecular weight is 349 g/mol. The van der Waals surface area contributed by atoms with Crippen molar-refractivity contribution in [1.29, 1.82) is 0 Å². The maximum absolute atomic E-state index is 12.3. The first-order chi connectivity index (χ1) is 11.3. The predicted molar refractivity (Wildman–Crippen MR) is 87.7 cm³/mol. The van der Waals surface area contributed by atoms with Gasteiger partial charge in [-0.05, 0) is 13.8 Å². The van der Waals surface area contributed by atoms with Crippen molar-refractivity contribution >= 4 is 23.6 Å². The van der Waals surface area contributed by atoms with Crippen molar-refractivity contribution in [2.24, 2.45) is 11.8 Å². The van der Waals surface area contributed by atoms with Gasteiger partial charge in [0, 0.05) is 29.4 Å². The molecule has 0 bridgehead atoms. The van der Waals surface area contributed by atoms with Crippen molar-refractivity contribution in [3.8, 4) is 0 Å². The van der Waals surface area contributed by atoms with Crippen LogP contribution in [0.4, 0.5) is 0 Å². The second-order valence-electron chi connectivity index (χ2n) is 6.16. The summed E-state index contributed by atoms with van der Waals surface area (Å²) >= 11 is 1.39. The number of aliphatic hydroxyl groups is 1. The van der Waals surface area contributed by atoms with Gasteiger partial charge in [0.2, 0.25) is 5.91 Å². The van der Waals surface area contributed by atoms with Gasteiger partial charge in [0.15, 0.2) is 0 Å². The van der Waals surface area contributed by atoms with Crippen molar-refractivity contribution in [3.05, 3.63) is 34.9 Å². The third-order valence-electron chi connectivity index (χ3n) is 4.61. The van der Waals surface area contributed by atoms with Crippen LogP contribution in [0.1, 0.15) is 31.7 Å². The minimum atomic E-state index is -1.12. The second-order valence-corrected chi connectivity index (χ2v) is 7.54. The first-order valence-electron chi connectivity index (χ1n) is 7.75. The highest BCUT2D eigenvalue weighted by molar-refractivity contribution is 8.03. The Hall–Kier alpha value is -1.93. The van der Waals surface area contributed by atoms with Gasteiger partial charge in [0.25, 0.3) is 0 Å². The highest BCUT2D eigenvalue weighted by atomic mass is 32.2. The van der Waals surface area contributed by atoms with E-state index in [4.69, 9.17) is 0 Å². The topological polar surface area (TPSA) is 104 Å². The van der Waals surface area contributed by atoms with Crippen molar-refractivity contribution in [2.45, 2.75) is 38.2 Å². The van der Waals surface area contributed by atoms with E-state index in [0.29, 0.717) is 4.91 Å². The average Bonchev–Trinajstić information content (AvgIpc) is 2.77. The van der Waals surface area contributed by atoms with Crippen LogP contribution in [0, 0.1) is 11.8 Å². The molecule has 7 nitrogen and oxygen atoms in total. The van der Waals surface area contributed by atoms with Crippen LogP contribution in [0.5, 0.6) is 0 Å². The molecule has 1 fully saturated rings. The Kier molecular flexibility index (Phi) is 4.35. The number of hydrogen-bond acceptors (Lipinski definition) is 6. The molecule has 1 aromatic heterocycles. The van der Waals surface area contributed by atoms with Crippen LogP contribution in [-0.4, -0.2) is 49.1 Å². The summed E-state index contributed by atoms with van der Waals surface area (Å²) in [6, 6.07) is -0.292. The Morgan fingerprint density at radius 2 is 2.08 bits per heavy atom. The number of aliphatic carboxylic acids is 1. The van der Waals surface area contributed by atoms with E-state index in [1.54, 1.807) is 25.5 Å². The van der Waals surface area contributed by atoms with Gasteiger partial charge in [-0.3, -0.25) is 14.8 Å². The minimum absolute atomic E-state index is 0.0372. The highest BCUT2D eigenvalue weighted by Gasteiger charge is 2.60. The van der Waals surface area contributed by atoms with Gasteiger partial charge in [-0.15, -0.1) is 11.8 Å². The Morgan fingerprint density at radius 3 is 2.62 bits per heavy atom. The molecular weight excluding hydrogens is 330 g/mol. The summed E-state index contributed by atoms with van der Waals surface area (Å²) < 4.78 is 0. The van der Waals surface area contributed by atoms with Gasteiger partial charge in [-0.25, -0.2) is 4.79 Å². The molecule has 0 radical (unpaired) electrons. The fourth-order valence-electron chi connectivity index (χ4n) is 3.45. The lowest BCUT2D eigenvalue weighted by Crippen LogP contribution is -2.63. The lowest BCUT2D eigenvalue weighted by atomic mass is 9.79. The lowest BCUT2D eigenvalue weighted by molar-refractivity contribution is -0.163. The van der Waals surface area contributed by atoms with Crippen LogP contribution in [0.2, 0.25) is 0 Å². The number of thioether (sulfide) groups is 1. The third-order valence-corrected chi connectivity index (χ3v) is 6.03. The lowest BCUT2D eigenvalue weighted by Gasteiger charge is -2.46. The summed E-state index contributed by atoms with van der Waals surface area (Å²) in [7, 11) is 0. The fourth-order valence-corrected chi connectivity index (χ4v) is 4.72. The van der Waals surface area contributed by atoms with Crippen LogP contribution in [0.25, 0.3) is 0 Å². The van der Waals surface area contributed by atoms with Gasteiger partial charge in [-0.1, -0.05) is 6.92 Å². The van der Waals surface area contributed by atoms with E-state index >= 15 is 0 Å². The number of hydrogen-bond donors (Lipinski definition) is 2. The molecule has 0 saturated carbocycles. The summed E-state index contributed by atoms with van der Waals surface area (Å²) in [5.74, 6) is -2.12. The molecule has 0 aliphatic carbocycles. The van der Waals surface area contributed by atoms with Gasteiger partial charge in [0.1, 0.15) is 5.70 Å². The molecule has 1 aromatic rings. The molecule has 5 atom stereocenters. The summed E-state index contributed by atoms with van der Waals surface area (Å²) in [4.78, 5) is 34.3. The molecule has 2 N–H and O–H groups in total. The number of fused-ring (bicyclic) bond motifs is 1. The molecule has 2 aliphatic rings. The number of aliphatic hydroxyl groups excluding tert-OH is 1. The summed E-state index contributed by atoms with van der Waals surface area (Å²) in [5, 5.41) is 19.3. The van der Waals surface area contributed by atoms with E-state index in [1.165, 1.54) is 16.7 Å². The van der Waals surface area contributed by atoms with Crippen LogP contribution in [-0.2, 0) is 9.59 Å². The molecule has 3 heterocycles. The van der Waals surface area contributed by atoms with Crippen molar-refractivity contribution < 1.29 is 19.8 Å². The Morgan fingerprint density at radius 1 is 1.38 bits per heavy atom. The highest BCUT2D eigenvalue weighted by Crippen LogP contribution is 2.52. The van der Waals surface area contributed by atoms with E-state index < -0.39 is 18.0 Å². The molecule has 0 spiro atoms. The Bertz CT molecular complexity index is 707. The Labute approximate surface area is 143 Å². The molecule has 128 valence electrons. The standard InChI is InChI=1S/C16H19N3O4S/c1-7-12-11(8(2)20)15(21)19(12)13(16(22)23)14(7)24-9(3)10-6-17-4-5-18-10/h4-9,11-12,20H,1-3H3,(H,22,23)/t7-,8-,9?,11-,12+/m1/s1. The number of carboxylic acids is 1.